The lowest BCUT2D eigenvalue weighted by molar-refractivity contribution is 0.512. The number of halogens is 4. The fourth-order valence-electron chi connectivity index (χ4n) is 2.08. The molecule has 0 spiro atoms. The van der Waals surface area contributed by atoms with Gasteiger partial charge in [-0.3, -0.25) is 4.72 Å². The second-order valence-corrected chi connectivity index (χ2v) is 7.58. The second kappa shape index (κ2) is 7.97. The highest BCUT2D eigenvalue weighted by Gasteiger charge is 2.19. The van der Waals surface area contributed by atoms with Crippen molar-refractivity contribution in [3.63, 3.8) is 0 Å². The average molecular weight is 393 g/mol. The number of rotatable bonds is 7. The van der Waals surface area contributed by atoms with Gasteiger partial charge in [-0.15, -0.1) is 11.6 Å². The fraction of sp³-hybridized carbons (Fsp3) is 0.250. The predicted octanol–water partition coefficient (Wildman–Crippen LogP) is 4.53. The van der Waals surface area contributed by atoms with Crippen LogP contribution in [0.15, 0.2) is 30.3 Å². The summed E-state index contributed by atoms with van der Waals surface area (Å²) in [6, 6.07) is 5.98. The van der Waals surface area contributed by atoms with Gasteiger partial charge >= 0.3 is 0 Å². The molecule has 0 aliphatic rings. The molecule has 0 radical (unpaired) electrons. The number of alkyl halides is 1. The molecule has 0 heterocycles. The molecule has 0 aromatic heterocycles. The average Bonchev–Trinajstić information content (AvgIpc) is 2.54. The van der Waals surface area contributed by atoms with Crippen molar-refractivity contribution in [3.05, 3.63) is 53.3 Å². The third kappa shape index (κ3) is 5.02. The van der Waals surface area contributed by atoms with E-state index in [1.165, 1.54) is 12.1 Å². The number of hydrogen-bond acceptors (Lipinski definition) is 3. The van der Waals surface area contributed by atoms with Crippen molar-refractivity contribution in [1.29, 1.82) is 0 Å². The molecule has 0 aliphatic carbocycles. The van der Waals surface area contributed by atoms with Gasteiger partial charge in [-0.1, -0.05) is 6.07 Å². The number of aryl methyl sites for hydroxylation is 1. The van der Waals surface area contributed by atoms with E-state index in [-0.39, 0.29) is 29.4 Å². The van der Waals surface area contributed by atoms with E-state index in [0.717, 1.165) is 12.1 Å². The molecule has 136 valence electrons. The SMILES string of the molecule is Cc1ccc(Nc2c(NS(=O)(=O)CCCCl)ccc(F)c2F)c(F)c1. The molecule has 0 aliphatic heterocycles. The predicted molar refractivity (Wildman–Crippen MR) is 93.5 cm³/mol. The van der Waals surface area contributed by atoms with E-state index in [1.807, 2.05) is 0 Å². The number of nitrogens with one attached hydrogen (secondary N) is 2. The highest BCUT2D eigenvalue weighted by molar-refractivity contribution is 7.92. The zero-order valence-electron chi connectivity index (χ0n) is 13.2. The van der Waals surface area contributed by atoms with Crippen molar-refractivity contribution in [2.24, 2.45) is 0 Å². The first-order valence-corrected chi connectivity index (χ1v) is 9.50. The number of anilines is 3. The molecule has 0 saturated carbocycles. The van der Waals surface area contributed by atoms with Gasteiger partial charge in [0.15, 0.2) is 11.6 Å². The van der Waals surface area contributed by atoms with E-state index < -0.39 is 33.2 Å². The Morgan fingerprint density at radius 3 is 2.36 bits per heavy atom. The van der Waals surface area contributed by atoms with Gasteiger partial charge in [0, 0.05) is 5.88 Å². The Labute approximate surface area is 149 Å². The van der Waals surface area contributed by atoms with Gasteiger partial charge in [0.1, 0.15) is 11.5 Å². The van der Waals surface area contributed by atoms with Crippen molar-refractivity contribution in [1.82, 2.24) is 0 Å². The smallest absolute Gasteiger partial charge is 0.232 e. The summed E-state index contributed by atoms with van der Waals surface area (Å²) >= 11 is 5.47. The van der Waals surface area contributed by atoms with Gasteiger partial charge in [0.05, 0.1) is 17.1 Å². The molecule has 0 saturated heterocycles. The molecule has 9 heteroatoms. The maximum atomic E-state index is 14.2. The molecule has 0 amide bonds. The van der Waals surface area contributed by atoms with Crippen molar-refractivity contribution in [3.8, 4) is 0 Å². The summed E-state index contributed by atoms with van der Waals surface area (Å²) in [4.78, 5) is 0. The summed E-state index contributed by atoms with van der Waals surface area (Å²) in [5.41, 5.74) is -0.202. The third-order valence-corrected chi connectivity index (χ3v) is 4.92. The van der Waals surface area contributed by atoms with Gasteiger partial charge in [-0.25, -0.2) is 21.6 Å². The first kappa shape index (κ1) is 19.4. The maximum absolute atomic E-state index is 14.2. The van der Waals surface area contributed by atoms with E-state index >= 15 is 0 Å². The zero-order chi connectivity index (χ0) is 18.6. The minimum absolute atomic E-state index is 0.115. The fourth-order valence-corrected chi connectivity index (χ4v) is 3.50. The largest absolute Gasteiger partial charge is 0.349 e. The quantitative estimate of drug-likeness (QED) is 0.681. The highest BCUT2D eigenvalue weighted by atomic mass is 35.5. The van der Waals surface area contributed by atoms with E-state index in [2.05, 4.69) is 10.0 Å². The summed E-state index contributed by atoms with van der Waals surface area (Å²) < 4.78 is 67.8. The van der Waals surface area contributed by atoms with Gasteiger partial charge < -0.3 is 5.32 Å². The summed E-state index contributed by atoms with van der Waals surface area (Å²) in [6.45, 7) is 1.67. The summed E-state index contributed by atoms with van der Waals surface area (Å²) in [5.74, 6) is -3.34. The zero-order valence-corrected chi connectivity index (χ0v) is 14.8. The molecule has 2 aromatic carbocycles. The van der Waals surface area contributed by atoms with Gasteiger partial charge in [-0.2, -0.15) is 0 Å². The van der Waals surface area contributed by atoms with Crippen molar-refractivity contribution in [2.45, 2.75) is 13.3 Å². The Bertz CT molecular complexity index is 876. The lowest BCUT2D eigenvalue weighted by Gasteiger charge is -2.16. The highest BCUT2D eigenvalue weighted by Crippen LogP contribution is 2.32. The minimum atomic E-state index is -3.82. The van der Waals surface area contributed by atoms with Crippen LogP contribution in [0, 0.1) is 24.4 Å². The Balaban J connectivity index is 2.40. The van der Waals surface area contributed by atoms with Crippen LogP contribution >= 0.6 is 11.6 Å². The van der Waals surface area contributed by atoms with Gasteiger partial charge in [0.25, 0.3) is 0 Å². The Morgan fingerprint density at radius 1 is 1.04 bits per heavy atom. The van der Waals surface area contributed by atoms with Crippen LogP contribution in [0.4, 0.5) is 30.2 Å². The molecule has 0 bridgehead atoms. The lowest BCUT2D eigenvalue weighted by atomic mass is 10.2. The molecule has 0 fully saturated rings. The van der Waals surface area contributed by atoms with E-state index in [0.29, 0.717) is 5.56 Å². The molecule has 2 N–H and O–H groups in total. The Kier molecular flexibility index (Phi) is 6.18. The molecule has 2 rings (SSSR count). The lowest BCUT2D eigenvalue weighted by Crippen LogP contribution is -2.18. The first-order chi connectivity index (χ1) is 11.7. The van der Waals surface area contributed by atoms with E-state index in [9.17, 15) is 21.6 Å². The normalized spacial score (nSPS) is 11.4. The second-order valence-electron chi connectivity index (χ2n) is 5.36. The summed E-state index contributed by atoms with van der Waals surface area (Å²) in [6.07, 6.45) is 0.190. The maximum Gasteiger partial charge on any atom is 0.232 e. The van der Waals surface area contributed by atoms with Crippen molar-refractivity contribution < 1.29 is 21.6 Å². The van der Waals surface area contributed by atoms with Crippen LogP contribution in [0.2, 0.25) is 0 Å². The van der Waals surface area contributed by atoms with E-state index in [1.54, 1.807) is 13.0 Å². The monoisotopic (exact) mass is 392 g/mol. The summed E-state index contributed by atoms with van der Waals surface area (Å²) in [7, 11) is -3.82. The van der Waals surface area contributed by atoms with Gasteiger partial charge in [0.2, 0.25) is 10.0 Å². The molecule has 25 heavy (non-hydrogen) atoms. The molecule has 4 nitrogen and oxygen atoms in total. The third-order valence-electron chi connectivity index (χ3n) is 3.29. The van der Waals surface area contributed by atoms with Crippen LogP contribution in [0.25, 0.3) is 0 Å². The molecule has 0 atom stereocenters. The molecular formula is C16H16ClF3N2O2S. The standard InChI is InChI=1S/C16H16ClF3N2O2S/c1-10-3-5-13(12(19)9-10)21-16-14(6-4-11(18)15(16)20)22-25(23,24)8-2-7-17/h3-6,9,21-22H,2,7-8H2,1H3. The number of benzene rings is 2. The Hall–Kier alpha value is -1.93. The first-order valence-electron chi connectivity index (χ1n) is 7.31. The molecule has 0 unspecified atom stereocenters. The van der Waals surface area contributed by atoms with Crippen LogP contribution in [0.3, 0.4) is 0 Å². The van der Waals surface area contributed by atoms with Crippen LogP contribution < -0.4 is 10.0 Å². The van der Waals surface area contributed by atoms with Crippen LogP contribution in [-0.2, 0) is 10.0 Å². The van der Waals surface area contributed by atoms with Crippen molar-refractivity contribution in [2.75, 3.05) is 21.7 Å². The Morgan fingerprint density at radius 2 is 1.72 bits per heavy atom. The number of hydrogen-bond donors (Lipinski definition) is 2. The molecular weight excluding hydrogens is 377 g/mol. The number of sulfonamides is 1. The summed E-state index contributed by atoms with van der Waals surface area (Å²) in [5, 5.41) is 2.41. The van der Waals surface area contributed by atoms with E-state index in [4.69, 9.17) is 11.6 Å². The van der Waals surface area contributed by atoms with Crippen LogP contribution in [0.5, 0.6) is 0 Å². The minimum Gasteiger partial charge on any atom is -0.349 e. The van der Waals surface area contributed by atoms with Gasteiger partial charge in [-0.05, 0) is 43.2 Å². The van der Waals surface area contributed by atoms with Crippen LogP contribution in [0.1, 0.15) is 12.0 Å². The topological polar surface area (TPSA) is 58.2 Å². The molecule has 2 aromatic rings. The van der Waals surface area contributed by atoms with Crippen LogP contribution in [-0.4, -0.2) is 20.1 Å². The van der Waals surface area contributed by atoms with Crippen molar-refractivity contribution >= 4 is 38.7 Å².